The molecule has 94 valence electrons. The predicted molar refractivity (Wildman–Crippen MR) is 65.9 cm³/mol. The zero-order chi connectivity index (χ0) is 12.5. The number of ether oxygens (including phenoxy) is 2. The van der Waals surface area contributed by atoms with Crippen molar-refractivity contribution < 1.29 is 13.9 Å². The van der Waals surface area contributed by atoms with Crippen LogP contribution in [0, 0.1) is 6.92 Å². The number of nitrogens with zero attached hydrogens (tertiary/aromatic N) is 1. The Morgan fingerprint density at radius 1 is 1.22 bits per heavy atom. The first-order valence-electron chi connectivity index (χ1n) is 5.82. The molecule has 5 heteroatoms. The molecule has 0 saturated carbocycles. The Bertz CT molecular complexity index is 578. The maximum atomic E-state index is 5.54. The van der Waals surface area contributed by atoms with Crippen molar-refractivity contribution in [1.82, 2.24) is 4.98 Å². The van der Waals surface area contributed by atoms with E-state index in [1.807, 2.05) is 25.1 Å². The number of aromatic nitrogens is 1. The number of nitrogens with two attached hydrogens (primary N) is 1. The van der Waals surface area contributed by atoms with Crippen molar-refractivity contribution in [3.05, 3.63) is 35.2 Å². The Labute approximate surface area is 105 Å². The van der Waals surface area contributed by atoms with Gasteiger partial charge in [0.25, 0.3) is 6.01 Å². The van der Waals surface area contributed by atoms with Gasteiger partial charge in [0.15, 0.2) is 11.5 Å². The molecule has 2 aromatic rings. The topological polar surface area (TPSA) is 70.5 Å². The molecule has 2 heterocycles. The molecule has 1 aromatic heterocycles. The van der Waals surface area contributed by atoms with Crippen molar-refractivity contribution in [1.29, 1.82) is 0 Å². The van der Waals surface area contributed by atoms with Crippen LogP contribution >= 0.6 is 0 Å². The van der Waals surface area contributed by atoms with Crippen LogP contribution < -0.4 is 15.2 Å². The summed E-state index contributed by atoms with van der Waals surface area (Å²) in [5.41, 5.74) is 7.47. The normalized spacial score (nSPS) is 13.6. The standard InChI is InChI=1S/C13H14N2O3/c1-8-10(15-13(14)18-8)6-9-2-3-11-12(7-9)17-5-4-16-11/h2-3,7H,4-6H2,1H3,(H2,14,15). The minimum absolute atomic E-state index is 0.208. The quantitative estimate of drug-likeness (QED) is 0.876. The van der Waals surface area contributed by atoms with Crippen LogP contribution in [-0.4, -0.2) is 18.2 Å². The molecule has 0 bridgehead atoms. The molecule has 0 saturated heterocycles. The molecule has 1 aromatic carbocycles. The number of rotatable bonds is 2. The van der Waals surface area contributed by atoms with Gasteiger partial charge in [-0.15, -0.1) is 0 Å². The Kier molecular flexibility index (Phi) is 2.59. The highest BCUT2D eigenvalue weighted by molar-refractivity contribution is 5.44. The van der Waals surface area contributed by atoms with Crippen LogP contribution in [0.25, 0.3) is 0 Å². The fourth-order valence-electron chi connectivity index (χ4n) is 2.01. The number of fused-ring (bicyclic) bond motifs is 1. The lowest BCUT2D eigenvalue weighted by molar-refractivity contribution is 0.171. The zero-order valence-electron chi connectivity index (χ0n) is 10.1. The molecule has 0 radical (unpaired) electrons. The van der Waals surface area contributed by atoms with E-state index in [0.29, 0.717) is 19.6 Å². The smallest absolute Gasteiger partial charge is 0.292 e. The fourth-order valence-corrected chi connectivity index (χ4v) is 2.01. The average Bonchev–Trinajstić information content (AvgIpc) is 2.68. The minimum Gasteiger partial charge on any atom is -0.486 e. The molecule has 0 amide bonds. The van der Waals surface area contributed by atoms with E-state index in [-0.39, 0.29) is 6.01 Å². The summed E-state index contributed by atoms with van der Waals surface area (Å²) in [6, 6.07) is 6.10. The third kappa shape index (κ3) is 1.99. The first-order chi connectivity index (χ1) is 8.72. The van der Waals surface area contributed by atoms with Crippen LogP contribution in [0.4, 0.5) is 6.01 Å². The van der Waals surface area contributed by atoms with E-state index < -0.39 is 0 Å². The molecule has 0 fully saturated rings. The lowest BCUT2D eigenvalue weighted by atomic mass is 10.1. The van der Waals surface area contributed by atoms with Gasteiger partial charge in [0.05, 0.1) is 5.69 Å². The number of nitrogen functional groups attached to an aromatic ring is 1. The van der Waals surface area contributed by atoms with Crippen molar-refractivity contribution in [2.75, 3.05) is 18.9 Å². The summed E-state index contributed by atoms with van der Waals surface area (Å²) in [7, 11) is 0. The molecule has 1 aliphatic heterocycles. The van der Waals surface area contributed by atoms with E-state index in [1.54, 1.807) is 0 Å². The predicted octanol–water partition coefficient (Wildman–Crippen LogP) is 1.93. The van der Waals surface area contributed by atoms with Crippen LogP contribution in [0.2, 0.25) is 0 Å². The lowest BCUT2D eigenvalue weighted by Crippen LogP contribution is -2.15. The first-order valence-corrected chi connectivity index (χ1v) is 5.82. The molecule has 0 aliphatic carbocycles. The Balaban J connectivity index is 1.87. The van der Waals surface area contributed by atoms with Gasteiger partial charge in [-0.2, -0.15) is 4.98 Å². The maximum Gasteiger partial charge on any atom is 0.292 e. The summed E-state index contributed by atoms with van der Waals surface area (Å²) in [5.74, 6) is 2.33. The number of benzene rings is 1. The monoisotopic (exact) mass is 246 g/mol. The molecule has 18 heavy (non-hydrogen) atoms. The number of oxazole rings is 1. The van der Waals surface area contributed by atoms with Crippen LogP contribution in [0.5, 0.6) is 11.5 Å². The largest absolute Gasteiger partial charge is 0.486 e. The highest BCUT2D eigenvalue weighted by atomic mass is 16.6. The van der Waals surface area contributed by atoms with Crippen LogP contribution in [-0.2, 0) is 6.42 Å². The van der Waals surface area contributed by atoms with Crippen molar-refractivity contribution in [3.63, 3.8) is 0 Å². The zero-order valence-corrected chi connectivity index (χ0v) is 10.1. The van der Waals surface area contributed by atoms with Gasteiger partial charge in [-0.3, -0.25) is 0 Å². The number of anilines is 1. The first kappa shape index (κ1) is 11.0. The molecule has 1 aliphatic rings. The minimum atomic E-state index is 0.208. The molecular weight excluding hydrogens is 232 g/mol. The summed E-state index contributed by atoms with van der Waals surface area (Å²) in [6.07, 6.45) is 0.670. The van der Waals surface area contributed by atoms with Gasteiger partial charge in [0.2, 0.25) is 0 Å². The van der Waals surface area contributed by atoms with Gasteiger partial charge >= 0.3 is 0 Å². The molecule has 2 N–H and O–H groups in total. The van der Waals surface area contributed by atoms with E-state index in [9.17, 15) is 0 Å². The van der Waals surface area contributed by atoms with E-state index in [4.69, 9.17) is 19.6 Å². The third-order valence-corrected chi connectivity index (χ3v) is 2.89. The summed E-state index contributed by atoms with van der Waals surface area (Å²) in [4.78, 5) is 4.16. The highest BCUT2D eigenvalue weighted by Crippen LogP contribution is 2.31. The average molecular weight is 246 g/mol. The lowest BCUT2D eigenvalue weighted by Gasteiger charge is -2.18. The van der Waals surface area contributed by atoms with Crippen LogP contribution in [0.15, 0.2) is 22.6 Å². The fraction of sp³-hybridized carbons (Fsp3) is 0.308. The van der Waals surface area contributed by atoms with Crippen LogP contribution in [0.3, 0.4) is 0 Å². The molecular formula is C13H14N2O3. The summed E-state index contributed by atoms with van der Waals surface area (Å²) < 4.78 is 16.2. The van der Waals surface area contributed by atoms with Crippen LogP contribution in [0.1, 0.15) is 17.0 Å². The number of hydrogen-bond acceptors (Lipinski definition) is 5. The van der Waals surface area contributed by atoms with Gasteiger partial charge in [0.1, 0.15) is 19.0 Å². The summed E-state index contributed by atoms with van der Waals surface area (Å²) in [5, 5.41) is 0. The molecule has 0 unspecified atom stereocenters. The summed E-state index contributed by atoms with van der Waals surface area (Å²) in [6.45, 7) is 3.05. The Morgan fingerprint density at radius 3 is 2.72 bits per heavy atom. The molecule has 0 spiro atoms. The highest BCUT2D eigenvalue weighted by Gasteiger charge is 2.13. The van der Waals surface area contributed by atoms with Gasteiger partial charge in [-0.1, -0.05) is 6.07 Å². The van der Waals surface area contributed by atoms with E-state index in [1.165, 1.54) is 0 Å². The third-order valence-electron chi connectivity index (χ3n) is 2.89. The molecule has 3 rings (SSSR count). The van der Waals surface area contributed by atoms with Crippen molar-refractivity contribution in [2.45, 2.75) is 13.3 Å². The van der Waals surface area contributed by atoms with Gasteiger partial charge in [-0.05, 0) is 24.6 Å². The number of aryl methyl sites for hydroxylation is 1. The van der Waals surface area contributed by atoms with Gasteiger partial charge in [0, 0.05) is 6.42 Å². The van der Waals surface area contributed by atoms with E-state index in [2.05, 4.69) is 4.98 Å². The maximum absolute atomic E-state index is 5.54. The summed E-state index contributed by atoms with van der Waals surface area (Å²) >= 11 is 0. The van der Waals surface area contributed by atoms with Crippen molar-refractivity contribution in [2.24, 2.45) is 0 Å². The Hall–Kier alpha value is -2.17. The second-order valence-corrected chi connectivity index (χ2v) is 4.21. The second kappa shape index (κ2) is 4.25. The number of hydrogen-bond donors (Lipinski definition) is 1. The van der Waals surface area contributed by atoms with Crippen molar-refractivity contribution >= 4 is 6.01 Å². The van der Waals surface area contributed by atoms with E-state index in [0.717, 1.165) is 28.5 Å². The van der Waals surface area contributed by atoms with Gasteiger partial charge < -0.3 is 19.6 Å². The van der Waals surface area contributed by atoms with Gasteiger partial charge in [-0.25, -0.2) is 0 Å². The van der Waals surface area contributed by atoms with E-state index >= 15 is 0 Å². The SMILES string of the molecule is Cc1oc(N)nc1Cc1ccc2c(c1)OCCO2. The molecule has 5 nitrogen and oxygen atoms in total. The molecule has 0 atom stereocenters. The van der Waals surface area contributed by atoms with Crippen molar-refractivity contribution in [3.8, 4) is 11.5 Å². The Morgan fingerprint density at radius 2 is 2.00 bits per heavy atom. The second-order valence-electron chi connectivity index (χ2n) is 4.21.